The second-order valence-electron chi connectivity index (χ2n) is 9.23. The molecule has 0 aliphatic carbocycles. The molecule has 1 heterocycles. The number of hydrogen-bond acceptors (Lipinski definition) is 6. The molecule has 1 aromatic rings. The van der Waals surface area contributed by atoms with Crippen molar-refractivity contribution in [2.75, 3.05) is 5.75 Å². The zero-order valence-electron chi connectivity index (χ0n) is 18.0. The number of imide groups is 1. The van der Waals surface area contributed by atoms with E-state index in [1.807, 2.05) is 41.5 Å². The van der Waals surface area contributed by atoms with Crippen molar-refractivity contribution in [3.63, 3.8) is 0 Å². The first-order valence-corrected chi connectivity index (χ1v) is 11.9. The lowest BCUT2D eigenvalue weighted by molar-refractivity contribution is -0.119. The van der Waals surface area contributed by atoms with Crippen LogP contribution in [0.3, 0.4) is 0 Å². The van der Waals surface area contributed by atoms with E-state index in [4.69, 9.17) is 0 Å². The molecule has 0 atom stereocenters. The topological polar surface area (TPSA) is 91.8 Å². The fourth-order valence-corrected chi connectivity index (χ4v) is 5.59. The van der Waals surface area contributed by atoms with Crippen LogP contribution in [0.5, 0.6) is 5.75 Å². The summed E-state index contributed by atoms with van der Waals surface area (Å²) in [6, 6.07) is 3.55. The fraction of sp³-hybridized carbons (Fsp3) is 0.524. The average molecular weight is 440 g/mol. The third-order valence-corrected chi connectivity index (χ3v) is 7.34. The molecule has 1 saturated heterocycles. The van der Waals surface area contributed by atoms with Crippen LogP contribution in [0.15, 0.2) is 17.0 Å². The quantitative estimate of drug-likeness (QED) is 0.680. The van der Waals surface area contributed by atoms with Gasteiger partial charge in [-0.05, 0) is 52.8 Å². The van der Waals surface area contributed by atoms with Crippen LogP contribution in [-0.2, 0) is 25.6 Å². The number of sulfonamides is 1. The Labute approximate surface area is 177 Å². The van der Waals surface area contributed by atoms with Gasteiger partial charge in [-0.25, -0.2) is 8.42 Å². The van der Waals surface area contributed by atoms with E-state index in [0.717, 1.165) is 0 Å². The zero-order chi connectivity index (χ0) is 22.4. The second-order valence-corrected chi connectivity index (χ2v) is 12.2. The minimum atomic E-state index is -3.97. The highest BCUT2D eigenvalue weighted by molar-refractivity contribution is 8.19. The number of benzene rings is 1. The minimum Gasteiger partial charge on any atom is -0.507 e. The third-order valence-electron chi connectivity index (χ3n) is 4.54. The van der Waals surface area contributed by atoms with Crippen LogP contribution in [-0.4, -0.2) is 34.7 Å². The van der Waals surface area contributed by atoms with Crippen molar-refractivity contribution in [3.8, 4) is 5.75 Å². The van der Waals surface area contributed by atoms with Crippen molar-refractivity contribution >= 4 is 39.0 Å². The summed E-state index contributed by atoms with van der Waals surface area (Å²) >= 11 is 0.617. The Balaban J connectivity index is 2.60. The maximum Gasteiger partial charge on any atom is 0.307 e. The van der Waals surface area contributed by atoms with Gasteiger partial charge in [-0.2, -0.15) is 4.31 Å². The number of aromatic hydroxyl groups is 1. The average Bonchev–Trinajstić information content (AvgIpc) is 2.81. The molecule has 6 nitrogen and oxygen atoms in total. The Morgan fingerprint density at radius 1 is 1.03 bits per heavy atom. The Morgan fingerprint density at radius 3 is 1.93 bits per heavy atom. The van der Waals surface area contributed by atoms with E-state index < -0.39 is 21.2 Å². The highest BCUT2D eigenvalue weighted by Gasteiger charge is 2.43. The number of phenols is 1. The molecule has 8 heteroatoms. The molecule has 2 amide bonds. The van der Waals surface area contributed by atoms with Gasteiger partial charge in [-0.1, -0.05) is 48.5 Å². The fourth-order valence-electron chi connectivity index (χ4n) is 3.08. The highest BCUT2D eigenvalue weighted by Crippen LogP contribution is 2.41. The zero-order valence-corrected chi connectivity index (χ0v) is 19.6. The molecule has 1 N–H and O–H groups in total. The minimum absolute atomic E-state index is 0.0556. The molecule has 1 aliphatic rings. The van der Waals surface area contributed by atoms with Crippen molar-refractivity contribution in [3.05, 3.63) is 33.7 Å². The summed E-state index contributed by atoms with van der Waals surface area (Å²) in [6.07, 6.45) is 1.83. The largest absolute Gasteiger partial charge is 0.507 e. The smallest absolute Gasteiger partial charge is 0.307 e. The Morgan fingerprint density at radius 2 is 1.52 bits per heavy atom. The van der Waals surface area contributed by atoms with E-state index in [0.29, 0.717) is 39.2 Å². The molecule has 1 aromatic carbocycles. The molecule has 0 aromatic heterocycles. The van der Waals surface area contributed by atoms with Crippen molar-refractivity contribution in [1.29, 1.82) is 0 Å². The second kappa shape index (κ2) is 7.80. The van der Waals surface area contributed by atoms with Gasteiger partial charge in [-0.15, -0.1) is 0 Å². The summed E-state index contributed by atoms with van der Waals surface area (Å²) in [5, 5.41) is 10.0. The number of thioether (sulfide) groups is 1. The third kappa shape index (κ3) is 4.86. The molecule has 160 valence electrons. The summed E-state index contributed by atoms with van der Waals surface area (Å²) in [4.78, 5) is 24.9. The summed E-state index contributed by atoms with van der Waals surface area (Å²) in [5.74, 6) is -0.878. The van der Waals surface area contributed by atoms with Gasteiger partial charge in [0.2, 0.25) is 10.0 Å². The Bertz CT molecular complexity index is 944. The molecule has 0 saturated carbocycles. The van der Waals surface area contributed by atoms with E-state index in [2.05, 4.69) is 0 Å². The van der Waals surface area contributed by atoms with Gasteiger partial charge in [-0.3, -0.25) is 9.59 Å². The molecule has 2 rings (SSSR count). The van der Waals surface area contributed by atoms with Gasteiger partial charge < -0.3 is 5.11 Å². The van der Waals surface area contributed by atoms with Gasteiger partial charge >= 0.3 is 5.24 Å². The number of hydrogen-bond donors (Lipinski definition) is 1. The van der Waals surface area contributed by atoms with Crippen molar-refractivity contribution in [2.24, 2.45) is 0 Å². The van der Waals surface area contributed by atoms with Crippen molar-refractivity contribution in [2.45, 2.75) is 65.7 Å². The lowest BCUT2D eigenvalue weighted by Gasteiger charge is -2.28. The predicted octanol–water partition coefficient (Wildman–Crippen LogP) is 4.76. The number of rotatable bonds is 4. The molecule has 0 radical (unpaired) electrons. The highest BCUT2D eigenvalue weighted by atomic mass is 32.2. The van der Waals surface area contributed by atoms with E-state index in [-0.39, 0.29) is 27.2 Å². The van der Waals surface area contributed by atoms with Crippen LogP contribution >= 0.6 is 11.8 Å². The molecule has 0 bridgehead atoms. The van der Waals surface area contributed by atoms with Crippen LogP contribution in [0.2, 0.25) is 0 Å². The lowest BCUT2D eigenvalue weighted by atomic mass is 9.78. The van der Waals surface area contributed by atoms with Crippen molar-refractivity contribution < 1.29 is 23.1 Å². The van der Waals surface area contributed by atoms with Crippen LogP contribution in [0.25, 0.3) is 6.08 Å². The van der Waals surface area contributed by atoms with E-state index in [1.54, 1.807) is 19.1 Å². The van der Waals surface area contributed by atoms with Gasteiger partial charge in [0, 0.05) is 11.1 Å². The molecule has 1 aliphatic heterocycles. The predicted molar refractivity (Wildman–Crippen MR) is 117 cm³/mol. The molecule has 1 fully saturated rings. The van der Waals surface area contributed by atoms with E-state index >= 15 is 0 Å². The monoisotopic (exact) mass is 439 g/mol. The maximum atomic E-state index is 12.7. The van der Waals surface area contributed by atoms with Crippen LogP contribution in [0.4, 0.5) is 4.79 Å². The molecule has 0 unspecified atom stereocenters. The lowest BCUT2D eigenvalue weighted by Crippen LogP contribution is -2.36. The molecule has 29 heavy (non-hydrogen) atoms. The molecule has 0 spiro atoms. The Kier molecular flexibility index (Phi) is 6.31. The van der Waals surface area contributed by atoms with Gasteiger partial charge in [0.05, 0.1) is 10.7 Å². The van der Waals surface area contributed by atoms with E-state index in [9.17, 15) is 23.1 Å². The van der Waals surface area contributed by atoms with Crippen molar-refractivity contribution in [1.82, 2.24) is 4.31 Å². The van der Waals surface area contributed by atoms with Gasteiger partial charge in [0.15, 0.2) is 0 Å². The van der Waals surface area contributed by atoms with Crippen LogP contribution in [0.1, 0.15) is 71.6 Å². The maximum absolute atomic E-state index is 12.7. The first kappa shape index (κ1) is 23.5. The number of amides is 2. The molecular weight excluding hydrogens is 410 g/mol. The summed E-state index contributed by atoms with van der Waals surface area (Å²) in [6.45, 7) is 13.5. The Hall–Kier alpha value is -1.80. The summed E-state index contributed by atoms with van der Waals surface area (Å²) in [5.41, 5.74) is 1.37. The van der Waals surface area contributed by atoms with Gasteiger partial charge in [0.1, 0.15) is 5.75 Å². The van der Waals surface area contributed by atoms with Crippen LogP contribution in [0, 0.1) is 0 Å². The van der Waals surface area contributed by atoms with Crippen LogP contribution < -0.4 is 0 Å². The summed E-state index contributed by atoms with van der Waals surface area (Å²) < 4.78 is 24.9. The SMILES string of the molecule is CCCS(=O)(=O)N1C(=O)SC(=Cc2cc(C(C)(C)C)c(O)c(C(C)(C)C)c2)C1=O. The number of carbonyl (C=O) groups is 2. The van der Waals surface area contributed by atoms with E-state index in [1.165, 1.54) is 6.08 Å². The first-order chi connectivity index (χ1) is 13.1. The standard InChI is InChI=1S/C21H29NO5S2/c1-8-9-29(26,27)22-18(24)16(28-19(22)25)12-13-10-14(20(2,3)4)17(23)15(11-13)21(5,6)7/h10-12,23H,8-9H2,1-7H3. The number of phenolic OH excluding ortho intramolecular Hbond substituents is 1. The van der Waals surface area contributed by atoms with Gasteiger partial charge in [0.25, 0.3) is 5.91 Å². The normalized spacial score (nSPS) is 17.5. The first-order valence-electron chi connectivity index (χ1n) is 9.48. The summed E-state index contributed by atoms with van der Waals surface area (Å²) in [7, 11) is -3.97. The number of carbonyl (C=O) groups excluding carboxylic acids is 2. The number of nitrogens with zero attached hydrogens (tertiary/aromatic N) is 1. The molecular formula is C21H29NO5S2.